The molecule has 0 aromatic rings. The molecule has 0 bridgehead atoms. The van der Waals surface area contributed by atoms with Crippen LogP contribution in [0.2, 0.25) is 0 Å². The Morgan fingerprint density at radius 2 is 2.00 bits per heavy atom. The van der Waals surface area contributed by atoms with Crippen molar-refractivity contribution in [1.82, 2.24) is 10.6 Å². The average Bonchev–Trinajstić information content (AvgIpc) is 2.38. The van der Waals surface area contributed by atoms with E-state index in [-0.39, 0.29) is 26.1 Å². The first-order valence-corrected chi connectivity index (χ1v) is 5.35. The Morgan fingerprint density at radius 3 is 2.47 bits per heavy atom. The maximum absolute atomic E-state index is 11.6. The highest BCUT2D eigenvalue weighted by Gasteiger charge is 2.20. The van der Waals surface area contributed by atoms with E-state index in [4.69, 9.17) is 5.11 Å². The minimum Gasteiger partial charge on any atom is -0.464 e. The lowest BCUT2D eigenvalue weighted by Gasteiger charge is -2.18. The third kappa shape index (κ3) is 7.71. The van der Waals surface area contributed by atoms with Gasteiger partial charge >= 0.3 is 0 Å². The van der Waals surface area contributed by atoms with Gasteiger partial charge in [-0.3, -0.25) is 19.2 Å². The quantitative estimate of drug-likeness (QED) is 0.370. The molecule has 9 nitrogen and oxygen atoms in total. The van der Waals surface area contributed by atoms with Crippen LogP contribution < -0.4 is 10.6 Å². The molecule has 0 spiro atoms. The third-order valence-corrected chi connectivity index (χ3v) is 1.98. The molecule has 3 N–H and O–H groups in total. The van der Waals surface area contributed by atoms with E-state index in [1.165, 1.54) is 6.92 Å². The van der Waals surface area contributed by atoms with Crippen molar-refractivity contribution in [3.05, 3.63) is 0 Å². The van der Waals surface area contributed by atoms with E-state index >= 15 is 0 Å². The van der Waals surface area contributed by atoms with E-state index in [2.05, 4.69) is 20.1 Å². The van der Waals surface area contributed by atoms with Crippen LogP contribution in [0.3, 0.4) is 0 Å². The lowest BCUT2D eigenvalue weighted by atomic mass is 10.2. The van der Waals surface area contributed by atoms with Gasteiger partial charge < -0.3 is 25.2 Å². The molecule has 108 valence electrons. The summed E-state index contributed by atoms with van der Waals surface area (Å²) in [6, 6.07) is -1.10. The molecule has 2 amide bonds. The monoisotopic (exact) mass is 276 g/mol. The van der Waals surface area contributed by atoms with Crippen LogP contribution in [0.1, 0.15) is 6.92 Å². The van der Waals surface area contributed by atoms with Crippen LogP contribution in [0.15, 0.2) is 0 Å². The van der Waals surface area contributed by atoms with Crippen LogP contribution >= 0.6 is 0 Å². The molecular formula is C10H16N2O7. The summed E-state index contributed by atoms with van der Waals surface area (Å²) < 4.78 is 8.96. The van der Waals surface area contributed by atoms with Gasteiger partial charge in [0, 0.05) is 6.92 Å². The van der Waals surface area contributed by atoms with Gasteiger partial charge in [0.1, 0.15) is 12.6 Å². The zero-order valence-electron chi connectivity index (χ0n) is 10.3. The maximum atomic E-state index is 11.6. The Balaban J connectivity index is 4.23. The normalized spacial score (nSPS) is 12.7. The highest BCUT2D eigenvalue weighted by molar-refractivity contribution is 5.86. The van der Waals surface area contributed by atoms with E-state index in [1.54, 1.807) is 0 Å². The molecule has 0 unspecified atom stereocenters. The predicted octanol–water partition coefficient (Wildman–Crippen LogP) is -2.69. The summed E-state index contributed by atoms with van der Waals surface area (Å²) in [5.41, 5.74) is 0. The summed E-state index contributed by atoms with van der Waals surface area (Å²) in [7, 11) is 0. The Kier molecular flexibility index (Phi) is 8.71. The van der Waals surface area contributed by atoms with Crippen molar-refractivity contribution >= 4 is 24.8 Å². The van der Waals surface area contributed by atoms with E-state index in [9.17, 15) is 19.2 Å². The molecule has 0 aliphatic carbocycles. The molecular weight excluding hydrogens is 260 g/mol. The van der Waals surface area contributed by atoms with Gasteiger partial charge in [0.15, 0.2) is 6.10 Å². The molecule has 0 aromatic heterocycles. The third-order valence-electron chi connectivity index (χ3n) is 1.98. The molecule has 0 heterocycles. The zero-order chi connectivity index (χ0) is 14.7. The van der Waals surface area contributed by atoms with Crippen LogP contribution in [0.5, 0.6) is 0 Å². The van der Waals surface area contributed by atoms with E-state index in [1.807, 2.05) is 0 Å². The highest BCUT2D eigenvalue weighted by Crippen LogP contribution is 1.91. The van der Waals surface area contributed by atoms with E-state index in [0.29, 0.717) is 0 Å². The molecule has 2 atom stereocenters. The summed E-state index contributed by atoms with van der Waals surface area (Å²) in [6.45, 7) is 0.620. The number of carbonyl (C=O) groups excluding carboxylic acids is 4. The number of amides is 2. The smallest absolute Gasteiger partial charge is 0.293 e. The van der Waals surface area contributed by atoms with Crippen molar-refractivity contribution in [2.75, 3.05) is 19.8 Å². The molecule has 9 heteroatoms. The fourth-order valence-corrected chi connectivity index (χ4v) is 1.15. The Bertz CT molecular complexity index is 321. The minimum atomic E-state index is -1.10. The number of hydrogen-bond donors (Lipinski definition) is 3. The summed E-state index contributed by atoms with van der Waals surface area (Å²) in [5, 5.41) is 13.5. The Labute approximate surface area is 109 Å². The lowest BCUT2D eigenvalue weighted by molar-refractivity contribution is -0.143. The van der Waals surface area contributed by atoms with Crippen LogP contribution in [-0.2, 0) is 28.7 Å². The molecule has 0 radical (unpaired) electrons. The van der Waals surface area contributed by atoms with Crippen molar-refractivity contribution in [2.45, 2.75) is 19.1 Å². The number of aliphatic hydroxyl groups excluding tert-OH is 1. The van der Waals surface area contributed by atoms with Crippen LogP contribution in [-0.4, -0.2) is 61.8 Å². The summed E-state index contributed by atoms with van der Waals surface area (Å²) in [6.07, 6.45) is -0.844. The minimum absolute atomic E-state index is 0.124. The second kappa shape index (κ2) is 9.83. The second-order valence-corrected chi connectivity index (χ2v) is 3.46. The van der Waals surface area contributed by atoms with Crippen molar-refractivity contribution in [3.63, 3.8) is 0 Å². The lowest BCUT2D eigenvalue weighted by Crippen LogP contribution is -2.50. The van der Waals surface area contributed by atoms with Crippen molar-refractivity contribution < 1.29 is 33.8 Å². The Morgan fingerprint density at radius 1 is 1.32 bits per heavy atom. The molecule has 19 heavy (non-hydrogen) atoms. The number of aliphatic hydroxyl groups is 1. The predicted molar refractivity (Wildman–Crippen MR) is 60.7 cm³/mol. The number of rotatable bonds is 10. The molecule has 0 aromatic carbocycles. The van der Waals surface area contributed by atoms with Gasteiger partial charge in [-0.05, 0) is 0 Å². The number of hydrogen-bond acceptors (Lipinski definition) is 7. The SMILES string of the molecule is CC(=O)N[C@H](CO)C(=O)NC[C@@H](COC=O)OC=O. The molecule has 0 saturated heterocycles. The van der Waals surface area contributed by atoms with Gasteiger partial charge in [-0.1, -0.05) is 0 Å². The molecule has 0 rings (SSSR count). The fourth-order valence-electron chi connectivity index (χ4n) is 1.15. The van der Waals surface area contributed by atoms with Gasteiger partial charge in [-0.25, -0.2) is 0 Å². The van der Waals surface area contributed by atoms with E-state index in [0.717, 1.165) is 0 Å². The largest absolute Gasteiger partial charge is 0.464 e. The van der Waals surface area contributed by atoms with Crippen molar-refractivity contribution in [3.8, 4) is 0 Å². The topological polar surface area (TPSA) is 131 Å². The van der Waals surface area contributed by atoms with Gasteiger partial charge in [0.05, 0.1) is 13.2 Å². The first kappa shape index (κ1) is 16.8. The van der Waals surface area contributed by atoms with Crippen molar-refractivity contribution in [1.29, 1.82) is 0 Å². The maximum Gasteiger partial charge on any atom is 0.293 e. The average molecular weight is 276 g/mol. The van der Waals surface area contributed by atoms with Crippen molar-refractivity contribution in [2.24, 2.45) is 0 Å². The van der Waals surface area contributed by atoms with Gasteiger partial charge in [0.25, 0.3) is 12.9 Å². The standard InChI is InChI=1S/C10H16N2O7/c1-7(16)12-9(3-13)10(17)11-2-8(19-6-15)4-18-5-14/h5-6,8-9,13H,2-4H2,1H3,(H,11,17)(H,12,16)/t8-,9+/m0/s1. The molecule has 0 aliphatic rings. The van der Waals surface area contributed by atoms with Crippen LogP contribution in [0.4, 0.5) is 0 Å². The fraction of sp³-hybridized carbons (Fsp3) is 0.600. The van der Waals surface area contributed by atoms with Crippen LogP contribution in [0.25, 0.3) is 0 Å². The molecule has 0 saturated carbocycles. The van der Waals surface area contributed by atoms with Crippen LogP contribution in [0, 0.1) is 0 Å². The number of carbonyl (C=O) groups is 4. The summed E-state index contributed by atoms with van der Waals surface area (Å²) in [5.74, 6) is -1.12. The van der Waals surface area contributed by atoms with Gasteiger partial charge in [-0.15, -0.1) is 0 Å². The molecule has 0 aliphatic heterocycles. The van der Waals surface area contributed by atoms with E-state index < -0.39 is 30.6 Å². The first-order valence-electron chi connectivity index (χ1n) is 5.35. The Hall–Kier alpha value is -2.16. The first-order chi connectivity index (χ1) is 9.04. The number of ether oxygens (including phenoxy) is 2. The second-order valence-electron chi connectivity index (χ2n) is 3.46. The highest BCUT2D eigenvalue weighted by atomic mass is 16.6. The van der Waals surface area contributed by atoms with Gasteiger partial charge in [0.2, 0.25) is 11.8 Å². The summed E-state index contributed by atoms with van der Waals surface area (Å²) in [4.78, 5) is 42.5. The molecule has 0 fully saturated rings. The zero-order valence-corrected chi connectivity index (χ0v) is 10.3. The van der Waals surface area contributed by atoms with Gasteiger partial charge in [-0.2, -0.15) is 0 Å². The number of nitrogens with one attached hydrogen (secondary N) is 2. The summed E-state index contributed by atoms with van der Waals surface area (Å²) >= 11 is 0.